The molecule has 2 aromatic rings. The van der Waals surface area contributed by atoms with Crippen molar-refractivity contribution in [3.8, 4) is 11.5 Å². The van der Waals surface area contributed by atoms with Crippen LogP contribution in [0.3, 0.4) is 0 Å². The maximum Gasteiger partial charge on any atom is 0.257 e. The van der Waals surface area contributed by atoms with Gasteiger partial charge in [-0.2, -0.15) is 0 Å². The molecule has 0 unspecified atom stereocenters. The number of para-hydroxylation sites is 1. The summed E-state index contributed by atoms with van der Waals surface area (Å²) < 4.78 is 17.8. The Balaban J connectivity index is 2.17. The van der Waals surface area contributed by atoms with E-state index in [1.807, 2.05) is 0 Å². The molecule has 1 N–H and O–H groups in total. The summed E-state index contributed by atoms with van der Waals surface area (Å²) in [6, 6.07) is 10.7. The van der Waals surface area contributed by atoms with E-state index in [0.717, 1.165) is 5.56 Å². The fourth-order valence-corrected chi connectivity index (χ4v) is 2.00. The smallest absolute Gasteiger partial charge is 0.257 e. The lowest BCUT2D eigenvalue weighted by Crippen LogP contribution is -2.26. The number of hydrogen-bond donors (Lipinski definition) is 1. The highest BCUT2D eigenvalue weighted by atomic mass is 19.1. The molecule has 0 atom stereocenters. The standard InChI is InChI=1S/C16H16FNO3/c1-18(10-11-6-8-12(17)9-7-11)16(20)13-4-3-5-14(21-2)15(13)19/h3-9,19H,10H2,1-2H3. The maximum atomic E-state index is 12.9. The third-order valence-corrected chi connectivity index (χ3v) is 3.13. The van der Waals surface area contributed by atoms with Crippen LogP contribution in [0, 0.1) is 5.82 Å². The quantitative estimate of drug-likeness (QED) is 0.941. The SMILES string of the molecule is COc1cccc(C(=O)N(C)Cc2ccc(F)cc2)c1O. The molecule has 1 amide bonds. The predicted molar refractivity (Wildman–Crippen MR) is 76.9 cm³/mol. The van der Waals surface area contributed by atoms with Gasteiger partial charge in [0, 0.05) is 13.6 Å². The summed E-state index contributed by atoms with van der Waals surface area (Å²) in [6.45, 7) is 0.315. The van der Waals surface area contributed by atoms with Gasteiger partial charge in [-0.15, -0.1) is 0 Å². The molecule has 2 rings (SSSR count). The van der Waals surface area contributed by atoms with E-state index in [2.05, 4.69) is 0 Å². The first-order valence-electron chi connectivity index (χ1n) is 6.39. The number of methoxy groups -OCH3 is 1. The van der Waals surface area contributed by atoms with Crippen molar-refractivity contribution in [3.63, 3.8) is 0 Å². The minimum atomic E-state index is -0.337. The van der Waals surface area contributed by atoms with Crippen molar-refractivity contribution >= 4 is 5.91 Å². The van der Waals surface area contributed by atoms with Crippen molar-refractivity contribution in [2.45, 2.75) is 6.54 Å². The van der Waals surface area contributed by atoms with Gasteiger partial charge in [0.15, 0.2) is 11.5 Å². The first-order chi connectivity index (χ1) is 10.0. The fraction of sp³-hybridized carbons (Fsp3) is 0.188. The largest absolute Gasteiger partial charge is 0.504 e. The molecule has 0 aliphatic heterocycles. The summed E-state index contributed by atoms with van der Waals surface area (Å²) in [5.41, 5.74) is 0.966. The fourth-order valence-electron chi connectivity index (χ4n) is 2.00. The maximum absolute atomic E-state index is 12.9. The molecule has 0 aromatic heterocycles. The number of carbonyl (C=O) groups excluding carboxylic acids is 1. The van der Waals surface area contributed by atoms with Crippen LogP contribution in [0.15, 0.2) is 42.5 Å². The zero-order valence-corrected chi connectivity index (χ0v) is 11.8. The van der Waals surface area contributed by atoms with Gasteiger partial charge in [0.2, 0.25) is 0 Å². The van der Waals surface area contributed by atoms with Gasteiger partial charge in [-0.1, -0.05) is 18.2 Å². The lowest BCUT2D eigenvalue weighted by atomic mass is 10.1. The number of aromatic hydroxyl groups is 1. The number of nitrogens with zero attached hydrogens (tertiary/aromatic N) is 1. The van der Waals surface area contributed by atoms with E-state index in [0.29, 0.717) is 6.54 Å². The topological polar surface area (TPSA) is 49.8 Å². The molecular weight excluding hydrogens is 273 g/mol. The lowest BCUT2D eigenvalue weighted by Gasteiger charge is -2.18. The van der Waals surface area contributed by atoms with Crippen LogP contribution in [0.25, 0.3) is 0 Å². The Hall–Kier alpha value is -2.56. The van der Waals surface area contributed by atoms with Crippen LogP contribution < -0.4 is 4.74 Å². The summed E-state index contributed by atoms with van der Waals surface area (Å²) in [7, 11) is 3.04. The zero-order valence-electron chi connectivity index (χ0n) is 11.8. The van der Waals surface area contributed by atoms with Crippen molar-refractivity contribution in [2.75, 3.05) is 14.2 Å². The average Bonchev–Trinajstić information content (AvgIpc) is 2.49. The third-order valence-electron chi connectivity index (χ3n) is 3.13. The number of ether oxygens (including phenoxy) is 1. The number of carbonyl (C=O) groups is 1. The predicted octanol–water partition coefficient (Wildman–Crippen LogP) is 2.81. The molecule has 2 aromatic carbocycles. The zero-order chi connectivity index (χ0) is 15.4. The van der Waals surface area contributed by atoms with Crippen LogP contribution >= 0.6 is 0 Å². The summed E-state index contributed by atoms with van der Waals surface area (Å²) in [5, 5.41) is 9.99. The van der Waals surface area contributed by atoms with E-state index in [-0.39, 0.29) is 28.8 Å². The molecule has 0 heterocycles. The van der Waals surface area contributed by atoms with Crippen LogP contribution in [-0.4, -0.2) is 30.1 Å². The highest BCUT2D eigenvalue weighted by Crippen LogP contribution is 2.30. The Morgan fingerprint density at radius 3 is 2.52 bits per heavy atom. The van der Waals surface area contributed by atoms with Crippen LogP contribution in [0.1, 0.15) is 15.9 Å². The Bertz CT molecular complexity index is 640. The number of rotatable bonds is 4. The second-order valence-electron chi connectivity index (χ2n) is 4.64. The third kappa shape index (κ3) is 3.31. The van der Waals surface area contributed by atoms with Gasteiger partial charge in [0.05, 0.1) is 12.7 Å². The lowest BCUT2D eigenvalue weighted by molar-refractivity contribution is 0.0781. The average molecular weight is 289 g/mol. The van der Waals surface area contributed by atoms with Crippen LogP contribution in [0.5, 0.6) is 11.5 Å². The van der Waals surface area contributed by atoms with Gasteiger partial charge in [0.25, 0.3) is 5.91 Å². The monoisotopic (exact) mass is 289 g/mol. The normalized spacial score (nSPS) is 10.2. The van der Waals surface area contributed by atoms with Crippen LogP contribution in [0.2, 0.25) is 0 Å². The number of phenols is 1. The molecule has 21 heavy (non-hydrogen) atoms. The van der Waals surface area contributed by atoms with E-state index < -0.39 is 0 Å². The first-order valence-corrected chi connectivity index (χ1v) is 6.39. The van der Waals surface area contributed by atoms with Gasteiger partial charge >= 0.3 is 0 Å². The second kappa shape index (κ2) is 6.26. The highest BCUT2D eigenvalue weighted by Gasteiger charge is 2.18. The van der Waals surface area contributed by atoms with Crippen LogP contribution in [-0.2, 0) is 6.54 Å². The number of amides is 1. The minimum Gasteiger partial charge on any atom is -0.504 e. The van der Waals surface area contributed by atoms with E-state index in [1.54, 1.807) is 31.3 Å². The molecular formula is C16H16FNO3. The summed E-state index contributed by atoms with van der Waals surface area (Å²) in [5.74, 6) is -0.596. The van der Waals surface area contributed by atoms with Gasteiger partial charge in [-0.25, -0.2) is 4.39 Å². The van der Waals surface area contributed by atoms with Gasteiger partial charge in [-0.05, 0) is 29.8 Å². The molecule has 0 saturated carbocycles. The second-order valence-corrected chi connectivity index (χ2v) is 4.64. The number of hydrogen-bond acceptors (Lipinski definition) is 3. The van der Waals surface area contributed by atoms with Gasteiger partial charge < -0.3 is 14.7 Å². The molecule has 0 fully saturated rings. The van der Waals surface area contributed by atoms with Crippen molar-refractivity contribution < 1.29 is 19.0 Å². The van der Waals surface area contributed by atoms with Crippen LogP contribution in [0.4, 0.5) is 4.39 Å². The highest BCUT2D eigenvalue weighted by molar-refractivity contribution is 5.97. The van der Waals surface area contributed by atoms with E-state index in [4.69, 9.17) is 4.74 Å². The summed E-state index contributed by atoms with van der Waals surface area (Å²) in [6.07, 6.45) is 0. The Labute approximate surface area is 122 Å². The molecule has 0 aliphatic rings. The molecule has 0 aliphatic carbocycles. The van der Waals surface area contributed by atoms with Crippen molar-refractivity contribution in [1.82, 2.24) is 4.90 Å². The minimum absolute atomic E-state index is 0.166. The first kappa shape index (κ1) is 14.8. The van der Waals surface area contributed by atoms with Crippen molar-refractivity contribution in [1.29, 1.82) is 0 Å². The molecule has 0 saturated heterocycles. The Morgan fingerprint density at radius 1 is 1.24 bits per heavy atom. The summed E-state index contributed by atoms with van der Waals surface area (Å²) in [4.78, 5) is 13.8. The van der Waals surface area contributed by atoms with Gasteiger partial charge in [0.1, 0.15) is 5.82 Å². The van der Waals surface area contributed by atoms with E-state index in [1.165, 1.54) is 30.2 Å². The number of phenolic OH excluding ortho intramolecular Hbond substituents is 1. The molecule has 4 nitrogen and oxygen atoms in total. The Morgan fingerprint density at radius 2 is 1.90 bits per heavy atom. The van der Waals surface area contributed by atoms with Crippen molar-refractivity contribution in [2.24, 2.45) is 0 Å². The van der Waals surface area contributed by atoms with E-state index in [9.17, 15) is 14.3 Å². The summed E-state index contributed by atoms with van der Waals surface area (Å²) >= 11 is 0. The molecule has 0 spiro atoms. The molecule has 5 heteroatoms. The number of halogens is 1. The molecule has 110 valence electrons. The molecule has 0 bridgehead atoms. The van der Waals surface area contributed by atoms with E-state index >= 15 is 0 Å². The van der Waals surface area contributed by atoms with Gasteiger partial charge in [-0.3, -0.25) is 4.79 Å². The molecule has 0 radical (unpaired) electrons. The van der Waals surface area contributed by atoms with Crippen molar-refractivity contribution in [3.05, 3.63) is 59.4 Å². The Kier molecular flexibility index (Phi) is 4.42. The number of benzene rings is 2.